The van der Waals surface area contributed by atoms with E-state index in [4.69, 9.17) is 4.52 Å². The number of rotatable bonds is 3. The van der Waals surface area contributed by atoms with Gasteiger partial charge in [0, 0.05) is 11.1 Å². The Morgan fingerprint density at radius 3 is 2.95 bits per heavy atom. The van der Waals surface area contributed by atoms with Crippen molar-refractivity contribution in [1.82, 2.24) is 15.1 Å². The van der Waals surface area contributed by atoms with Crippen LogP contribution in [-0.4, -0.2) is 26.3 Å². The summed E-state index contributed by atoms with van der Waals surface area (Å²) in [5.74, 6) is 1.24. The van der Waals surface area contributed by atoms with Gasteiger partial charge in [-0.25, -0.2) is 4.98 Å². The lowest BCUT2D eigenvalue weighted by Crippen LogP contribution is -2.17. The van der Waals surface area contributed by atoms with E-state index in [9.17, 15) is 5.11 Å². The molecule has 0 aromatic carbocycles. The Morgan fingerprint density at radius 2 is 2.15 bits per heavy atom. The molecule has 1 N–H and O–H groups in total. The highest BCUT2D eigenvalue weighted by molar-refractivity contribution is 7.09. The van der Waals surface area contributed by atoms with E-state index in [0.29, 0.717) is 18.1 Å². The zero-order valence-electron chi connectivity index (χ0n) is 11.6. The van der Waals surface area contributed by atoms with Crippen LogP contribution in [-0.2, 0) is 6.42 Å². The van der Waals surface area contributed by atoms with Gasteiger partial charge in [0.25, 0.3) is 0 Å². The fraction of sp³-hybridized carbons (Fsp3) is 0.643. The predicted octanol–water partition coefficient (Wildman–Crippen LogP) is 2.83. The molecule has 20 heavy (non-hydrogen) atoms. The molecule has 2 aromatic heterocycles. The van der Waals surface area contributed by atoms with E-state index in [1.54, 1.807) is 11.3 Å². The number of aryl methyl sites for hydroxylation is 1. The standard InChI is InChI=1S/C14H19N3O2S/c1-9-8-20-13(15-9)7-12-16-14(19-17-12)10-5-3-2-4-6-11(10)18/h8,10-11,18H,2-7H2,1H3. The molecule has 1 saturated carbocycles. The lowest BCUT2D eigenvalue weighted by atomic mass is 9.97. The first-order valence-corrected chi connectivity index (χ1v) is 8.02. The molecule has 0 saturated heterocycles. The van der Waals surface area contributed by atoms with Gasteiger partial charge in [-0.3, -0.25) is 0 Å². The van der Waals surface area contributed by atoms with Crippen molar-refractivity contribution < 1.29 is 9.63 Å². The van der Waals surface area contributed by atoms with Crippen molar-refractivity contribution in [3.63, 3.8) is 0 Å². The molecule has 0 aliphatic heterocycles. The van der Waals surface area contributed by atoms with E-state index in [1.807, 2.05) is 12.3 Å². The van der Waals surface area contributed by atoms with Gasteiger partial charge in [-0.15, -0.1) is 11.3 Å². The smallest absolute Gasteiger partial charge is 0.232 e. The van der Waals surface area contributed by atoms with E-state index >= 15 is 0 Å². The number of aliphatic hydroxyl groups excluding tert-OH is 1. The van der Waals surface area contributed by atoms with Crippen LogP contribution in [0.1, 0.15) is 60.4 Å². The third kappa shape index (κ3) is 3.07. The number of aromatic nitrogens is 3. The molecule has 3 rings (SSSR count). The van der Waals surface area contributed by atoms with Crippen molar-refractivity contribution in [2.45, 2.75) is 57.5 Å². The first-order chi connectivity index (χ1) is 9.72. The van der Waals surface area contributed by atoms with Gasteiger partial charge in [0.05, 0.1) is 18.4 Å². The van der Waals surface area contributed by atoms with Gasteiger partial charge in [0.1, 0.15) is 5.01 Å². The number of nitrogens with zero attached hydrogens (tertiary/aromatic N) is 3. The van der Waals surface area contributed by atoms with Crippen LogP contribution in [0.5, 0.6) is 0 Å². The van der Waals surface area contributed by atoms with E-state index < -0.39 is 0 Å². The average molecular weight is 293 g/mol. The summed E-state index contributed by atoms with van der Waals surface area (Å²) in [4.78, 5) is 8.86. The molecule has 108 valence electrons. The van der Waals surface area contributed by atoms with E-state index in [1.165, 1.54) is 6.42 Å². The topological polar surface area (TPSA) is 72.0 Å². The van der Waals surface area contributed by atoms with Crippen molar-refractivity contribution in [2.75, 3.05) is 0 Å². The number of hydrogen-bond donors (Lipinski definition) is 1. The number of aliphatic hydroxyl groups is 1. The SMILES string of the molecule is Cc1csc(Cc2noc(C3CCCCCC3O)n2)n1. The van der Waals surface area contributed by atoms with Gasteiger partial charge >= 0.3 is 0 Å². The van der Waals surface area contributed by atoms with Gasteiger partial charge in [-0.1, -0.05) is 24.4 Å². The van der Waals surface area contributed by atoms with Crippen LogP contribution < -0.4 is 0 Å². The quantitative estimate of drug-likeness (QED) is 0.881. The Bertz CT molecular complexity index is 566. The lowest BCUT2D eigenvalue weighted by molar-refractivity contribution is 0.119. The second kappa shape index (κ2) is 6.01. The van der Waals surface area contributed by atoms with Crippen molar-refractivity contribution in [1.29, 1.82) is 0 Å². The van der Waals surface area contributed by atoms with Crippen molar-refractivity contribution in [3.05, 3.63) is 27.8 Å². The highest BCUT2D eigenvalue weighted by atomic mass is 32.1. The second-order valence-electron chi connectivity index (χ2n) is 5.42. The number of thiazole rings is 1. The molecule has 1 fully saturated rings. The summed E-state index contributed by atoms with van der Waals surface area (Å²) in [6.07, 6.45) is 5.38. The maximum absolute atomic E-state index is 10.2. The number of hydrogen-bond acceptors (Lipinski definition) is 6. The third-order valence-corrected chi connectivity index (χ3v) is 4.72. The fourth-order valence-electron chi connectivity index (χ4n) is 2.69. The van der Waals surface area contributed by atoms with Crippen LogP contribution in [0, 0.1) is 6.92 Å². The summed E-state index contributed by atoms with van der Waals surface area (Å²) < 4.78 is 5.36. The third-order valence-electron chi connectivity index (χ3n) is 3.76. The molecule has 2 heterocycles. The van der Waals surface area contributed by atoms with Gasteiger partial charge in [0.15, 0.2) is 5.82 Å². The summed E-state index contributed by atoms with van der Waals surface area (Å²) in [7, 11) is 0. The minimum Gasteiger partial charge on any atom is -0.392 e. The van der Waals surface area contributed by atoms with Crippen LogP contribution in [0.15, 0.2) is 9.90 Å². The van der Waals surface area contributed by atoms with Gasteiger partial charge in [0.2, 0.25) is 5.89 Å². The molecule has 0 amide bonds. The Balaban J connectivity index is 1.72. The molecular weight excluding hydrogens is 274 g/mol. The Labute approximate surface area is 122 Å². The fourth-order valence-corrected chi connectivity index (χ4v) is 3.45. The van der Waals surface area contributed by atoms with Gasteiger partial charge < -0.3 is 9.63 Å². The van der Waals surface area contributed by atoms with Gasteiger partial charge in [-0.2, -0.15) is 4.98 Å². The second-order valence-corrected chi connectivity index (χ2v) is 6.36. The molecule has 1 aliphatic carbocycles. The first-order valence-electron chi connectivity index (χ1n) is 7.14. The summed E-state index contributed by atoms with van der Waals surface area (Å²) in [6.45, 7) is 1.98. The largest absolute Gasteiger partial charge is 0.392 e. The summed E-state index contributed by atoms with van der Waals surface area (Å²) in [5, 5.41) is 17.2. The van der Waals surface area contributed by atoms with Crippen molar-refractivity contribution >= 4 is 11.3 Å². The zero-order chi connectivity index (χ0) is 13.9. The van der Waals surface area contributed by atoms with E-state index in [-0.39, 0.29) is 12.0 Å². The highest BCUT2D eigenvalue weighted by Crippen LogP contribution is 2.31. The maximum atomic E-state index is 10.2. The monoisotopic (exact) mass is 293 g/mol. The Morgan fingerprint density at radius 1 is 1.30 bits per heavy atom. The summed E-state index contributed by atoms with van der Waals surface area (Å²) >= 11 is 1.61. The minimum absolute atomic E-state index is 0.00298. The van der Waals surface area contributed by atoms with Crippen LogP contribution in [0.2, 0.25) is 0 Å². The molecule has 2 aromatic rings. The van der Waals surface area contributed by atoms with Crippen molar-refractivity contribution in [3.8, 4) is 0 Å². The van der Waals surface area contributed by atoms with Crippen LogP contribution >= 0.6 is 11.3 Å². The van der Waals surface area contributed by atoms with E-state index in [2.05, 4.69) is 15.1 Å². The van der Waals surface area contributed by atoms with E-state index in [0.717, 1.165) is 36.4 Å². The molecule has 1 aliphatic rings. The molecule has 2 atom stereocenters. The molecule has 2 unspecified atom stereocenters. The van der Waals surface area contributed by atoms with Crippen LogP contribution in [0.3, 0.4) is 0 Å². The van der Waals surface area contributed by atoms with Crippen LogP contribution in [0.4, 0.5) is 0 Å². The molecule has 0 spiro atoms. The molecule has 5 nitrogen and oxygen atoms in total. The van der Waals surface area contributed by atoms with Crippen LogP contribution in [0.25, 0.3) is 0 Å². The highest BCUT2D eigenvalue weighted by Gasteiger charge is 2.28. The predicted molar refractivity (Wildman–Crippen MR) is 75.8 cm³/mol. The molecular formula is C14H19N3O2S. The Kier molecular flexibility index (Phi) is 4.12. The normalized spacial score (nSPS) is 23.7. The van der Waals surface area contributed by atoms with Crippen molar-refractivity contribution in [2.24, 2.45) is 0 Å². The lowest BCUT2D eigenvalue weighted by Gasteiger charge is -2.15. The van der Waals surface area contributed by atoms with Gasteiger partial charge in [-0.05, 0) is 19.8 Å². The molecule has 0 bridgehead atoms. The molecule has 0 radical (unpaired) electrons. The summed E-state index contributed by atoms with van der Waals surface area (Å²) in [5.41, 5.74) is 1.02. The minimum atomic E-state index is -0.354. The zero-order valence-corrected chi connectivity index (χ0v) is 12.4. The Hall–Kier alpha value is -1.27. The molecule has 6 heteroatoms. The maximum Gasteiger partial charge on any atom is 0.232 e. The summed E-state index contributed by atoms with van der Waals surface area (Å²) in [6, 6.07) is 0. The average Bonchev–Trinajstić information content (AvgIpc) is 2.98. The first kappa shape index (κ1) is 13.7.